The SMILES string of the molecule is CC(C)[CH2][Al]([CH2]C(C)C)[CH2]C(C)C.C[CH-]CC.[CH2-]CCC.[CH2-]CCC.[CH2-]CCC.[Mg+2].[Mg+2].[Mg].[Mg].[Mg]. The van der Waals surface area contributed by atoms with Crippen LogP contribution in [0.5, 0.6) is 0 Å². The van der Waals surface area contributed by atoms with E-state index in [-0.39, 0.29) is 115 Å². The summed E-state index contributed by atoms with van der Waals surface area (Å²) in [6.45, 7) is 35.6. The maximum atomic E-state index is 3.60. The fourth-order valence-corrected chi connectivity index (χ4v) is 6.87. The number of unbranched alkanes of at least 4 members (excludes halogenated alkanes) is 4. The van der Waals surface area contributed by atoms with Crippen molar-refractivity contribution in [2.45, 2.75) is 137 Å². The molecule has 0 saturated carbocycles. The van der Waals surface area contributed by atoms with Crippen LogP contribution in [0.4, 0.5) is 0 Å². The summed E-state index contributed by atoms with van der Waals surface area (Å²) in [5.41, 5.74) is 0. The van der Waals surface area contributed by atoms with E-state index in [4.69, 9.17) is 0 Å². The van der Waals surface area contributed by atoms with E-state index in [1.165, 1.54) is 25.7 Å². The zero-order chi connectivity index (χ0) is 24.1. The second-order valence-electron chi connectivity index (χ2n) is 9.13. The summed E-state index contributed by atoms with van der Waals surface area (Å²) in [7, 11) is 0. The number of hydrogen-bond donors (Lipinski definition) is 0. The minimum absolute atomic E-state index is 0. The summed E-state index contributed by atoms with van der Waals surface area (Å²) >= 11 is -0.407. The average molecular weight is 548 g/mol. The van der Waals surface area contributed by atoms with E-state index in [1.807, 2.05) is 0 Å². The van der Waals surface area contributed by atoms with Gasteiger partial charge in [-0.3, -0.25) is 0 Å². The van der Waals surface area contributed by atoms with Crippen molar-refractivity contribution >= 4 is 129 Å². The smallest absolute Gasteiger partial charge is 0.343 e. The van der Waals surface area contributed by atoms with Crippen LogP contribution in [0, 0.1) is 44.9 Å². The van der Waals surface area contributed by atoms with Crippen LogP contribution in [-0.2, 0) is 0 Å². The zero-order valence-electron chi connectivity index (χ0n) is 26.6. The third-order valence-corrected chi connectivity index (χ3v) is 8.71. The van der Waals surface area contributed by atoms with Crippen LogP contribution in [0.3, 0.4) is 0 Å². The van der Waals surface area contributed by atoms with Crippen molar-refractivity contribution in [3.63, 3.8) is 0 Å². The fraction of sp³-hybridized carbons (Fsp3) is 0.857. The van der Waals surface area contributed by atoms with E-state index in [9.17, 15) is 0 Å². The van der Waals surface area contributed by atoms with Crippen LogP contribution in [-0.4, -0.2) is 129 Å². The second-order valence-corrected chi connectivity index (χ2v) is 12.3. The van der Waals surface area contributed by atoms with Gasteiger partial charge in [-0.05, 0) is 0 Å². The topological polar surface area (TPSA) is 0 Å². The van der Waals surface area contributed by atoms with E-state index >= 15 is 0 Å². The van der Waals surface area contributed by atoms with Gasteiger partial charge in [-0.15, -0.1) is 0 Å². The molecule has 6 heteroatoms. The molecule has 0 aromatic heterocycles. The Hall–Kier alpha value is 4.36. The van der Waals surface area contributed by atoms with Crippen molar-refractivity contribution in [2.75, 3.05) is 0 Å². The Balaban J connectivity index is -0.0000000291. The molecule has 0 atom stereocenters. The third-order valence-electron chi connectivity index (χ3n) is 3.88. The van der Waals surface area contributed by atoms with Crippen molar-refractivity contribution < 1.29 is 0 Å². The first-order valence-corrected chi connectivity index (χ1v) is 15.2. The Morgan fingerprint density at radius 2 is 0.706 bits per heavy atom. The molecule has 0 N–H and O–H groups in total. The summed E-state index contributed by atoms with van der Waals surface area (Å²) in [6, 6.07) is 0. The van der Waals surface area contributed by atoms with Gasteiger partial charge in [0.15, 0.2) is 0 Å². The van der Waals surface area contributed by atoms with Gasteiger partial charge in [-0.2, -0.15) is 32.6 Å². The van der Waals surface area contributed by atoms with Crippen molar-refractivity contribution in [3.8, 4) is 0 Å². The number of hydrogen-bond acceptors (Lipinski definition) is 0. The quantitative estimate of drug-likeness (QED) is 0.189. The molecule has 0 aliphatic rings. The first-order chi connectivity index (χ1) is 13.6. The minimum atomic E-state index is -0.407. The van der Waals surface area contributed by atoms with Crippen molar-refractivity contribution in [3.05, 3.63) is 27.2 Å². The molecule has 0 bridgehead atoms. The molecule has 0 amide bonds. The van der Waals surface area contributed by atoms with Gasteiger partial charge < -0.3 is 27.2 Å². The Morgan fingerprint density at radius 3 is 0.765 bits per heavy atom. The van der Waals surface area contributed by atoms with Crippen LogP contribution in [0.15, 0.2) is 0 Å². The van der Waals surface area contributed by atoms with Crippen LogP contribution < -0.4 is 0 Å². The molecule has 188 valence electrons. The summed E-state index contributed by atoms with van der Waals surface area (Å²) in [6.07, 6.45) is 10.2. The monoisotopic (exact) mass is 546 g/mol. The summed E-state index contributed by atoms with van der Waals surface area (Å²) < 4.78 is 0. The Labute approximate surface area is 307 Å². The fourth-order valence-electron chi connectivity index (χ4n) is 2.29. The predicted octanol–water partition coefficient (Wildman–Crippen LogP) is 9.03. The minimum Gasteiger partial charge on any atom is -0.343 e. The summed E-state index contributed by atoms with van der Waals surface area (Å²) in [4.78, 5) is 0. The summed E-state index contributed by atoms with van der Waals surface area (Å²) in [5.74, 6) is 2.78. The molecule has 0 fully saturated rings. The van der Waals surface area contributed by atoms with Crippen molar-refractivity contribution in [1.29, 1.82) is 0 Å². The molecule has 0 aliphatic carbocycles. The third kappa shape index (κ3) is 110. The van der Waals surface area contributed by atoms with Crippen LogP contribution >= 0.6 is 0 Å². The van der Waals surface area contributed by atoms with Crippen LogP contribution in [0.2, 0.25) is 15.8 Å². The molecule has 0 spiro atoms. The Bertz CT molecular complexity index is 181. The van der Waals surface area contributed by atoms with E-state index in [1.54, 1.807) is 15.8 Å². The van der Waals surface area contributed by atoms with E-state index in [2.05, 4.69) is 103 Å². The Morgan fingerprint density at radius 1 is 0.559 bits per heavy atom. The molecule has 0 saturated heterocycles. The van der Waals surface area contributed by atoms with E-state index in [0.29, 0.717) is 0 Å². The molecule has 0 aromatic carbocycles. The second kappa shape index (κ2) is 66.0. The van der Waals surface area contributed by atoms with Gasteiger partial charge in [0, 0.05) is 69.2 Å². The average Bonchev–Trinajstić information content (AvgIpc) is 2.67. The van der Waals surface area contributed by atoms with E-state index < -0.39 is 14.1 Å². The van der Waals surface area contributed by atoms with Gasteiger partial charge in [0.1, 0.15) is 0 Å². The summed E-state index contributed by atoms with van der Waals surface area (Å²) in [5, 5.41) is 4.66. The molecular formula is C28H63AlMg5. The van der Waals surface area contributed by atoms with Crippen LogP contribution in [0.1, 0.15) is 121 Å². The standard InChI is InChI=1S/7C4H9.Al.5Mg/c3*1-4(2)3;4*1-3-4-2;;;;;;/h3*4H,1H2,2-3H3;3H,4H2,1-2H3;3*1,3-4H2,2H3;;;;;;/q;;;4*-1;;;;;2*+2. The molecule has 0 heterocycles. The zero-order valence-corrected chi connectivity index (χ0v) is 34.8. The van der Waals surface area contributed by atoms with Gasteiger partial charge >= 0.3 is 46.1 Å². The van der Waals surface area contributed by atoms with Crippen molar-refractivity contribution in [1.82, 2.24) is 0 Å². The predicted molar refractivity (Wildman–Crippen MR) is 175 cm³/mol. The van der Waals surface area contributed by atoms with Gasteiger partial charge in [0.25, 0.3) is 14.1 Å². The normalized spacial score (nSPS) is 8.03. The van der Waals surface area contributed by atoms with Crippen molar-refractivity contribution in [2.24, 2.45) is 17.8 Å². The van der Waals surface area contributed by atoms with Gasteiger partial charge in [-0.25, -0.2) is 0 Å². The van der Waals surface area contributed by atoms with Gasteiger partial charge in [0.05, 0.1) is 0 Å². The van der Waals surface area contributed by atoms with Crippen LogP contribution in [0.25, 0.3) is 0 Å². The molecule has 0 nitrogen and oxygen atoms in total. The molecule has 0 unspecified atom stereocenters. The molecular weight excluding hydrogens is 485 g/mol. The maximum absolute atomic E-state index is 3.60. The molecule has 0 aromatic rings. The largest absolute Gasteiger partial charge is 2.00 e. The Kier molecular flexibility index (Phi) is 129. The first-order valence-electron chi connectivity index (χ1n) is 12.7. The van der Waals surface area contributed by atoms with Gasteiger partial charge in [0.2, 0.25) is 0 Å². The number of rotatable bonds is 10. The molecule has 0 aliphatic heterocycles. The maximum Gasteiger partial charge on any atom is 2.00 e. The molecule has 6 radical (unpaired) electrons. The molecule has 0 rings (SSSR count). The first kappa shape index (κ1) is 66.6. The van der Waals surface area contributed by atoms with Gasteiger partial charge in [-0.1, -0.05) is 122 Å². The van der Waals surface area contributed by atoms with E-state index in [0.717, 1.165) is 37.0 Å². The molecule has 34 heavy (non-hydrogen) atoms.